The van der Waals surface area contributed by atoms with E-state index in [1.54, 1.807) is 24.1 Å². The number of aromatic nitrogens is 2. The Morgan fingerprint density at radius 3 is 3.06 bits per heavy atom. The monoisotopic (exact) mass is 227 g/mol. The van der Waals surface area contributed by atoms with E-state index in [0.717, 1.165) is 18.7 Å². The molecule has 17 heavy (non-hydrogen) atoms. The standard InChI is InChI=1S/C13H13N3O/c1-16-8-11(7-15-16)13(17)10-3-2-9-4-5-14-12(9)6-10/h2-3,6-8,14H,4-5H2,1H3. The van der Waals surface area contributed by atoms with Crippen LogP contribution in [0.1, 0.15) is 21.5 Å². The highest BCUT2D eigenvalue weighted by atomic mass is 16.1. The molecule has 4 nitrogen and oxygen atoms in total. The molecule has 1 aromatic carbocycles. The summed E-state index contributed by atoms with van der Waals surface area (Å²) in [5, 5.41) is 7.29. The van der Waals surface area contributed by atoms with Crippen molar-refractivity contribution in [2.24, 2.45) is 7.05 Å². The number of carbonyl (C=O) groups is 1. The molecule has 0 aliphatic carbocycles. The van der Waals surface area contributed by atoms with Crippen LogP contribution in [0.5, 0.6) is 0 Å². The molecule has 2 aromatic rings. The maximum absolute atomic E-state index is 12.2. The zero-order valence-corrected chi connectivity index (χ0v) is 9.60. The Labute approximate surface area is 99.3 Å². The molecule has 0 radical (unpaired) electrons. The minimum Gasteiger partial charge on any atom is -0.384 e. The predicted octanol–water partition coefficient (Wildman–Crippen LogP) is 1.62. The summed E-state index contributed by atoms with van der Waals surface area (Å²) in [5.41, 5.74) is 3.71. The van der Waals surface area contributed by atoms with Gasteiger partial charge in [0, 0.05) is 31.0 Å². The van der Waals surface area contributed by atoms with Gasteiger partial charge in [0.1, 0.15) is 0 Å². The predicted molar refractivity (Wildman–Crippen MR) is 65.3 cm³/mol. The molecular formula is C13H13N3O. The summed E-state index contributed by atoms with van der Waals surface area (Å²) in [7, 11) is 1.81. The topological polar surface area (TPSA) is 46.9 Å². The van der Waals surface area contributed by atoms with Gasteiger partial charge in [-0.25, -0.2) is 0 Å². The molecule has 86 valence electrons. The lowest BCUT2D eigenvalue weighted by Crippen LogP contribution is -2.01. The van der Waals surface area contributed by atoms with Crippen LogP contribution in [0, 0.1) is 0 Å². The second-order valence-electron chi connectivity index (χ2n) is 4.28. The normalized spacial score (nSPS) is 13.2. The first-order valence-corrected chi connectivity index (χ1v) is 5.64. The van der Waals surface area contributed by atoms with Crippen molar-refractivity contribution in [2.45, 2.75) is 6.42 Å². The van der Waals surface area contributed by atoms with E-state index in [2.05, 4.69) is 10.4 Å². The van der Waals surface area contributed by atoms with Crippen LogP contribution in [-0.4, -0.2) is 22.1 Å². The Kier molecular flexibility index (Phi) is 2.21. The van der Waals surface area contributed by atoms with Gasteiger partial charge in [-0.15, -0.1) is 0 Å². The molecular weight excluding hydrogens is 214 g/mol. The van der Waals surface area contributed by atoms with Gasteiger partial charge in [0.25, 0.3) is 0 Å². The lowest BCUT2D eigenvalue weighted by Gasteiger charge is -2.03. The number of aryl methyl sites for hydroxylation is 1. The van der Waals surface area contributed by atoms with Crippen molar-refractivity contribution >= 4 is 11.5 Å². The van der Waals surface area contributed by atoms with Crippen molar-refractivity contribution in [3.63, 3.8) is 0 Å². The highest BCUT2D eigenvalue weighted by molar-refractivity contribution is 6.09. The highest BCUT2D eigenvalue weighted by Crippen LogP contribution is 2.24. The van der Waals surface area contributed by atoms with E-state index in [1.165, 1.54) is 5.56 Å². The van der Waals surface area contributed by atoms with E-state index in [0.29, 0.717) is 11.1 Å². The smallest absolute Gasteiger partial charge is 0.196 e. The zero-order valence-electron chi connectivity index (χ0n) is 9.60. The molecule has 0 amide bonds. The molecule has 0 bridgehead atoms. The van der Waals surface area contributed by atoms with Crippen molar-refractivity contribution in [1.29, 1.82) is 0 Å². The average molecular weight is 227 g/mol. The quantitative estimate of drug-likeness (QED) is 0.793. The van der Waals surface area contributed by atoms with Crippen LogP contribution in [0.25, 0.3) is 0 Å². The number of hydrogen-bond acceptors (Lipinski definition) is 3. The molecule has 3 rings (SSSR count). The summed E-state index contributed by atoms with van der Waals surface area (Å²) in [6, 6.07) is 5.85. The number of hydrogen-bond donors (Lipinski definition) is 1. The number of rotatable bonds is 2. The lowest BCUT2D eigenvalue weighted by atomic mass is 10.0. The van der Waals surface area contributed by atoms with Gasteiger partial charge >= 0.3 is 0 Å². The van der Waals surface area contributed by atoms with Gasteiger partial charge in [-0.05, 0) is 18.1 Å². The molecule has 1 aliphatic heterocycles. The number of carbonyl (C=O) groups excluding carboxylic acids is 1. The van der Waals surface area contributed by atoms with Gasteiger partial charge in [0.2, 0.25) is 0 Å². The third kappa shape index (κ3) is 1.71. The minimum atomic E-state index is 0.0228. The van der Waals surface area contributed by atoms with Crippen molar-refractivity contribution in [1.82, 2.24) is 9.78 Å². The summed E-state index contributed by atoms with van der Waals surface area (Å²) < 4.78 is 1.64. The molecule has 0 saturated heterocycles. The summed E-state index contributed by atoms with van der Waals surface area (Å²) in [5.74, 6) is 0.0228. The van der Waals surface area contributed by atoms with Crippen LogP contribution in [0.15, 0.2) is 30.6 Å². The van der Waals surface area contributed by atoms with Gasteiger partial charge in [0.15, 0.2) is 5.78 Å². The first kappa shape index (κ1) is 10.1. The third-order valence-corrected chi connectivity index (χ3v) is 3.05. The Morgan fingerprint density at radius 2 is 2.29 bits per heavy atom. The highest BCUT2D eigenvalue weighted by Gasteiger charge is 2.15. The van der Waals surface area contributed by atoms with Gasteiger partial charge in [-0.3, -0.25) is 9.48 Å². The van der Waals surface area contributed by atoms with Crippen LogP contribution >= 0.6 is 0 Å². The zero-order chi connectivity index (χ0) is 11.8. The van der Waals surface area contributed by atoms with E-state index in [-0.39, 0.29) is 5.78 Å². The van der Waals surface area contributed by atoms with E-state index in [4.69, 9.17) is 0 Å². The summed E-state index contributed by atoms with van der Waals surface area (Å²) in [6.07, 6.45) is 4.38. The number of nitrogens with zero attached hydrogens (tertiary/aromatic N) is 2. The van der Waals surface area contributed by atoms with Gasteiger partial charge in [-0.2, -0.15) is 5.10 Å². The number of anilines is 1. The maximum Gasteiger partial charge on any atom is 0.196 e. The first-order valence-electron chi connectivity index (χ1n) is 5.64. The van der Waals surface area contributed by atoms with Crippen molar-refractivity contribution < 1.29 is 4.79 Å². The van der Waals surface area contributed by atoms with Crippen LogP contribution in [0.2, 0.25) is 0 Å². The Morgan fingerprint density at radius 1 is 1.41 bits per heavy atom. The Bertz CT molecular complexity index is 586. The fraction of sp³-hybridized carbons (Fsp3) is 0.231. The Balaban J connectivity index is 1.97. The SMILES string of the molecule is Cn1cc(C(=O)c2ccc3c(c2)NCC3)cn1. The van der Waals surface area contributed by atoms with Crippen LogP contribution in [0.4, 0.5) is 5.69 Å². The molecule has 0 saturated carbocycles. The molecule has 2 heterocycles. The van der Waals surface area contributed by atoms with Crippen molar-refractivity contribution in [3.05, 3.63) is 47.3 Å². The number of nitrogens with one attached hydrogen (secondary N) is 1. The molecule has 0 spiro atoms. The molecule has 0 atom stereocenters. The van der Waals surface area contributed by atoms with Crippen molar-refractivity contribution in [3.8, 4) is 0 Å². The lowest BCUT2D eigenvalue weighted by molar-refractivity contribution is 0.103. The second-order valence-corrected chi connectivity index (χ2v) is 4.28. The van der Waals surface area contributed by atoms with Crippen molar-refractivity contribution in [2.75, 3.05) is 11.9 Å². The van der Waals surface area contributed by atoms with E-state index < -0.39 is 0 Å². The molecule has 1 N–H and O–H groups in total. The largest absolute Gasteiger partial charge is 0.384 e. The van der Waals surface area contributed by atoms with E-state index >= 15 is 0 Å². The molecule has 0 fully saturated rings. The summed E-state index contributed by atoms with van der Waals surface area (Å²) in [6.45, 7) is 0.958. The maximum atomic E-state index is 12.2. The fourth-order valence-electron chi connectivity index (χ4n) is 2.14. The molecule has 0 unspecified atom stereocenters. The Hall–Kier alpha value is -2.10. The van der Waals surface area contributed by atoms with Gasteiger partial charge in [-0.1, -0.05) is 12.1 Å². The van der Waals surface area contributed by atoms with E-state index in [1.807, 2.05) is 18.2 Å². The van der Waals surface area contributed by atoms with Crippen LogP contribution in [-0.2, 0) is 13.5 Å². The summed E-state index contributed by atoms with van der Waals surface area (Å²) >= 11 is 0. The number of ketones is 1. The molecule has 1 aliphatic rings. The van der Waals surface area contributed by atoms with E-state index in [9.17, 15) is 4.79 Å². The van der Waals surface area contributed by atoms with Crippen LogP contribution in [0.3, 0.4) is 0 Å². The average Bonchev–Trinajstić information content (AvgIpc) is 2.95. The fourth-order valence-corrected chi connectivity index (χ4v) is 2.14. The molecule has 1 aromatic heterocycles. The molecule has 4 heteroatoms. The van der Waals surface area contributed by atoms with Gasteiger partial charge < -0.3 is 5.32 Å². The third-order valence-electron chi connectivity index (χ3n) is 3.05. The first-order chi connectivity index (χ1) is 8.24. The van der Waals surface area contributed by atoms with Gasteiger partial charge in [0.05, 0.1) is 11.8 Å². The van der Waals surface area contributed by atoms with Crippen LogP contribution < -0.4 is 5.32 Å². The number of fused-ring (bicyclic) bond motifs is 1. The second kappa shape index (κ2) is 3.73. The minimum absolute atomic E-state index is 0.0228. The number of benzene rings is 1. The summed E-state index contributed by atoms with van der Waals surface area (Å²) in [4.78, 5) is 12.2.